The molecule has 1 fully saturated rings. The molecule has 0 radical (unpaired) electrons. The predicted molar refractivity (Wildman–Crippen MR) is 39.5 cm³/mol. The third-order valence-electron chi connectivity index (χ3n) is 2.02. The van der Waals surface area contributed by atoms with Crippen molar-refractivity contribution < 1.29 is 14.3 Å². The molecule has 3 atom stereocenters. The van der Waals surface area contributed by atoms with Gasteiger partial charge in [0, 0.05) is 5.38 Å². The van der Waals surface area contributed by atoms with Crippen LogP contribution >= 0.6 is 11.6 Å². The Kier molecular flexibility index (Phi) is 2.71. The quantitative estimate of drug-likeness (QED) is 0.625. The zero-order valence-corrected chi connectivity index (χ0v) is 6.72. The minimum atomic E-state index is -1.26. The van der Waals surface area contributed by atoms with Gasteiger partial charge in [0.1, 0.15) is 12.1 Å². The highest BCUT2D eigenvalue weighted by atomic mass is 35.5. The van der Waals surface area contributed by atoms with Crippen LogP contribution in [0, 0.1) is 5.92 Å². The first-order valence-electron chi connectivity index (χ1n) is 3.64. The molecule has 4 heteroatoms. The summed E-state index contributed by atoms with van der Waals surface area (Å²) >= 11 is 5.65. The van der Waals surface area contributed by atoms with E-state index < -0.39 is 23.4 Å². The van der Waals surface area contributed by atoms with Crippen LogP contribution in [0.15, 0.2) is 0 Å². The molecule has 0 aliphatic heterocycles. The van der Waals surface area contributed by atoms with Gasteiger partial charge in [-0.1, -0.05) is 0 Å². The van der Waals surface area contributed by atoms with Crippen molar-refractivity contribution in [2.45, 2.75) is 30.8 Å². The molecule has 1 rings (SSSR count). The van der Waals surface area contributed by atoms with E-state index in [2.05, 4.69) is 0 Å². The largest absolute Gasteiger partial charge is 0.481 e. The molecule has 0 aromatic heterocycles. The van der Waals surface area contributed by atoms with Gasteiger partial charge < -0.3 is 5.11 Å². The number of carboxylic acids is 1. The van der Waals surface area contributed by atoms with Crippen molar-refractivity contribution >= 4 is 17.6 Å². The second-order valence-electron chi connectivity index (χ2n) is 2.83. The molecule has 0 bridgehead atoms. The van der Waals surface area contributed by atoms with E-state index in [-0.39, 0.29) is 0 Å². The summed E-state index contributed by atoms with van der Waals surface area (Å²) in [6.07, 6.45) is 0.377. The molecule has 1 saturated carbocycles. The summed E-state index contributed by atoms with van der Waals surface area (Å²) in [6, 6.07) is 0. The van der Waals surface area contributed by atoms with E-state index in [9.17, 15) is 9.18 Å². The fraction of sp³-hybridized carbons (Fsp3) is 0.857. The number of aliphatic carboxylic acids is 1. The third-order valence-corrected chi connectivity index (χ3v) is 2.51. The van der Waals surface area contributed by atoms with E-state index in [1.807, 2.05) is 0 Å². The molecule has 2 nitrogen and oxygen atoms in total. The maximum atomic E-state index is 12.9. The lowest BCUT2D eigenvalue weighted by Gasteiger charge is -2.26. The molecule has 1 N–H and O–H groups in total. The van der Waals surface area contributed by atoms with Gasteiger partial charge in [0.15, 0.2) is 0 Å². The molecule has 64 valence electrons. The Labute approximate surface area is 69.3 Å². The molecular weight excluding hydrogens is 171 g/mol. The van der Waals surface area contributed by atoms with Crippen LogP contribution in [0.5, 0.6) is 0 Å². The Morgan fingerprint density at radius 3 is 2.55 bits per heavy atom. The smallest absolute Gasteiger partial charge is 0.310 e. The average molecular weight is 181 g/mol. The van der Waals surface area contributed by atoms with Crippen LogP contribution in [0.3, 0.4) is 0 Å². The Bertz CT molecular complexity index is 153. The summed E-state index contributed by atoms with van der Waals surface area (Å²) in [5.74, 6) is -2.11. The molecule has 0 heterocycles. The van der Waals surface area contributed by atoms with Gasteiger partial charge in [0.25, 0.3) is 0 Å². The molecular formula is C7H10ClFO2. The SMILES string of the molecule is O=C(O)C1C(F)CCCC1Cl. The number of hydrogen-bond donors (Lipinski definition) is 1. The second kappa shape index (κ2) is 3.39. The first-order valence-corrected chi connectivity index (χ1v) is 4.07. The number of alkyl halides is 2. The van der Waals surface area contributed by atoms with Crippen molar-refractivity contribution in [2.24, 2.45) is 5.92 Å². The monoisotopic (exact) mass is 180 g/mol. The zero-order valence-electron chi connectivity index (χ0n) is 5.96. The maximum Gasteiger partial charge on any atom is 0.310 e. The van der Waals surface area contributed by atoms with Crippen LogP contribution in [0.4, 0.5) is 4.39 Å². The van der Waals surface area contributed by atoms with E-state index in [0.29, 0.717) is 19.3 Å². The minimum Gasteiger partial charge on any atom is -0.481 e. The lowest BCUT2D eigenvalue weighted by molar-refractivity contribution is -0.145. The lowest BCUT2D eigenvalue weighted by atomic mass is 9.87. The van der Waals surface area contributed by atoms with Crippen LogP contribution in [-0.2, 0) is 4.79 Å². The van der Waals surface area contributed by atoms with Crippen molar-refractivity contribution in [1.82, 2.24) is 0 Å². The predicted octanol–water partition coefficient (Wildman–Crippen LogP) is 1.82. The van der Waals surface area contributed by atoms with Crippen LogP contribution in [0.25, 0.3) is 0 Å². The fourth-order valence-corrected chi connectivity index (χ4v) is 1.82. The summed E-state index contributed by atoms with van der Waals surface area (Å²) < 4.78 is 12.9. The summed E-state index contributed by atoms with van der Waals surface area (Å²) in [4.78, 5) is 10.5. The van der Waals surface area contributed by atoms with Gasteiger partial charge in [-0.05, 0) is 19.3 Å². The number of rotatable bonds is 1. The Hall–Kier alpha value is -0.310. The summed E-state index contributed by atoms with van der Waals surface area (Å²) in [6.45, 7) is 0. The average Bonchev–Trinajstić information content (AvgIpc) is 1.85. The summed E-state index contributed by atoms with van der Waals surface area (Å²) in [7, 11) is 0. The highest BCUT2D eigenvalue weighted by Gasteiger charge is 2.37. The summed E-state index contributed by atoms with van der Waals surface area (Å²) in [5.41, 5.74) is 0. The number of hydrogen-bond acceptors (Lipinski definition) is 1. The molecule has 0 aromatic carbocycles. The highest BCUT2D eigenvalue weighted by Crippen LogP contribution is 2.31. The topological polar surface area (TPSA) is 37.3 Å². The number of carbonyl (C=O) groups is 1. The highest BCUT2D eigenvalue weighted by molar-refractivity contribution is 6.22. The van der Waals surface area contributed by atoms with Crippen molar-refractivity contribution in [3.8, 4) is 0 Å². The van der Waals surface area contributed by atoms with Crippen molar-refractivity contribution in [2.75, 3.05) is 0 Å². The van der Waals surface area contributed by atoms with Gasteiger partial charge in [0.05, 0.1) is 0 Å². The van der Waals surface area contributed by atoms with Crippen molar-refractivity contribution in [1.29, 1.82) is 0 Å². The molecule has 1 aliphatic rings. The van der Waals surface area contributed by atoms with E-state index >= 15 is 0 Å². The third kappa shape index (κ3) is 1.83. The molecule has 0 amide bonds. The number of halogens is 2. The van der Waals surface area contributed by atoms with Gasteiger partial charge in [-0.2, -0.15) is 0 Å². The van der Waals surface area contributed by atoms with Crippen LogP contribution < -0.4 is 0 Å². The van der Waals surface area contributed by atoms with E-state index in [1.54, 1.807) is 0 Å². The van der Waals surface area contributed by atoms with Gasteiger partial charge in [-0.25, -0.2) is 4.39 Å². The van der Waals surface area contributed by atoms with E-state index in [1.165, 1.54) is 0 Å². The van der Waals surface area contributed by atoms with Gasteiger partial charge >= 0.3 is 5.97 Å². The number of carboxylic acid groups (broad SMARTS) is 1. The molecule has 0 aromatic rings. The van der Waals surface area contributed by atoms with Crippen molar-refractivity contribution in [3.63, 3.8) is 0 Å². The molecule has 0 saturated heterocycles. The van der Waals surface area contributed by atoms with E-state index in [0.717, 1.165) is 0 Å². The first kappa shape index (κ1) is 8.78. The lowest BCUT2D eigenvalue weighted by Crippen LogP contribution is -2.36. The Morgan fingerprint density at radius 1 is 1.55 bits per heavy atom. The van der Waals surface area contributed by atoms with Gasteiger partial charge in [-0.15, -0.1) is 11.6 Å². The van der Waals surface area contributed by atoms with Gasteiger partial charge in [-0.3, -0.25) is 4.79 Å². The first-order chi connectivity index (χ1) is 5.13. The normalized spacial score (nSPS) is 38.5. The molecule has 3 unspecified atom stereocenters. The van der Waals surface area contributed by atoms with Crippen molar-refractivity contribution in [3.05, 3.63) is 0 Å². The Balaban J connectivity index is 2.62. The molecule has 1 aliphatic carbocycles. The molecule has 0 spiro atoms. The van der Waals surface area contributed by atoms with Crippen LogP contribution in [-0.4, -0.2) is 22.6 Å². The Morgan fingerprint density at radius 2 is 2.18 bits per heavy atom. The maximum absolute atomic E-state index is 12.9. The fourth-order valence-electron chi connectivity index (χ4n) is 1.40. The zero-order chi connectivity index (χ0) is 8.43. The van der Waals surface area contributed by atoms with E-state index in [4.69, 9.17) is 16.7 Å². The minimum absolute atomic E-state index is 0.334. The summed E-state index contributed by atoms with van der Waals surface area (Å²) in [5, 5.41) is 8.02. The second-order valence-corrected chi connectivity index (χ2v) is 3.39. The molecule has 11 heavy (non-hydrogen) atoms. The van der Waals surface area contributed by atoms with Crippen LogP contribution in [0.1, 0.15) is 19.3 Å². The van der Waals surface area contributed by atoms with Gasteiger partial charge in [0.2, 0.25) is 0 Å². The van der Waals surface area contributed by atoms with Crippen LogP contribution in [0.2, 0.25) is 0 Å². The standard InChI is InChI=1S/C7H10ClFO2/c8-4-2-1-3-5(9)6(4)7(10)11/h4-6H,1-3H2,(H,10,11).